The molecule has 2 fully saturated rings. The van der Waals surface area contributed by atoms with E-state index in [4.69, 9.17) is 5.11 Å². The number of nitrogens with zero attached hydrogens (tertiary/aromatic N) is 2. The minimum atomic E-state index is -0.674. The molecule has 1 saturated carbocycles. The first-order valence-electron chi connectivity index (χ1n) is 11.3. The van der Waals surface area contributed by atoms with E-state index in [2.05, 4.69) is 9.88 Å². The van der Waals surface area contributed by atoms with E-state index >= 15 is 0 Å². The number of hydrogen-bond acceptors (Lipinski definition) is 3. The maximum atomic E-state index is 14.5. The molecule has 0 unspecified atom stereocenters. The first-order chi connectivity index (χ1) is 15.9. The highest BCUT2D eigenvalue weighted by molar-refractivity contribution is 5.92. The van der Waals surface area contributed by atoms with Crippen molar-refractivity contribution >= 4 is 16.8 Å². The van der Waals surface area contributed by atoms with Crippen molar-refractivity contribution in [1.82, 2.24) is 14.8 Å². The van der Waals surface area contributed by atoms with Crippen LogP contribution in [-0.2, 0) is 4.79 Å². The lowest BCUT2D eigenvalue weighted by Crippen LogP contribution is -2.52. The summed E-state index contributed by atoms with van der Waals surface area (Å²) in [5.41, 5.74) is 2.34. The van der Waals surface area contributed by atoms with Crippen LogP contribution in [0.15, 0.2) is 36.4 Å². The van der Waals surface area contributed by atoms with E-state index < -0.39 is 11.6 Å². The summed E-state index contributed by atoms with van der Waals surface area (Å²) in [6, 6.07) is 8.08. The molecule has 174 valence electrons. The summed E-state index contributed by atoms with van der Waals surface area (Å²) < 4.78 is 42.1. The summed E-state index contributed by atoms with van der Waals surface area (Å²) in [7, 11) is 0. The monoisotopic (exact) mass is 457 g/mol. The van der Waals surface area contributed by atoms with Crippen LogP contribution in [0.4, 0.5) is 13.2 Å². The van der Waals surface area contributed by atoms with Crippen LogP contribution < -0.4 is 0 Å². The highest BCUT2D eigenvalue weighted by Gasteiger charge is 2.40. The molecule has 3 aromatic rings. The number of nitrogens with one attached hydrogen (secondary N) is 1. The first-order valence-corrected chi connectivity index (χ1v) is 11.3. The molecule has 2 aliphatic rings. The van der Waals surface area contributed by atoms with Crippen molar-refractivity contribution < 1.29 is 23.1 Å². The molecule has 8 heteroatoms. The molecule has 1 amide bonds. The van der Waals surface area contributed by atoms with Crippen molar-refractivity contribution in [1.29, 1.82) is 0 Å². The van der Waals surface area contributed by atoms with Crippen molar-refractivity contribution in [2.24, 2.45) is 5.92 Å². The van der Waals surface area contributed by atoms with Crippen LogP contribution in [-0.4, -0.2) is 65.1 Å². The van der Waals surface area contributed by atoms with Gasteiger partial charge < -0.3 is 15.0 Å². The number of halogens is 3. The normalized spacial score (nSPS) is 21.4. The third-order valence-electron chi connectivity index (χ3n) is 6.99. The maximum absolute atomic E-state index is 14.5. The molecule has 33 heavy (non-hydrogen) atoms. The van der Waals surface area contributed by atoms with Gasteiger partial charge in [0.15, 0.2) is 0 Å². The average Bonchev–Trinajstić information content (AvgIpc) is 3.13. The van der Waals surface area contributed by atoms with Crippen molar-refractivity contribution in [3.8, 4) is 11.3 Å². The number of carbonyl (C=O) groups excluding carboxylic acids is 1. The molecule has 0 spiro atoms. The predicted molar refractivity (Wildman–Crippen MR) is 119 cm³/mol. The zero-order valence-corrected chi connectivity index (χ0v) is 18.2. The Hall–Kier alpha value is -2.84. The minimum Gasteiger partial charge on any atom is -0.395 e. The Morgan fingerprint density at radius 1 is 1.00 bits per heavy atom. The quantitative estimate of drug-likeness (QED) is 0.611. The van der Waals surface area contributed by atoms with Crippen LogP contribution >= 0.6 is 0 Å². The first kappa shape index (κ1) is 22.0. The number of benzene rings is 2. The van der Waals surface area contributed by atoms with Gasteiger partial charge in [0, 0.05) is 50.1 Å². The van der Waals surface area contributed by atoms with Gasteiger partial charge in [-0.15, -0.1) is 0 Å². The van der Waals surface area contributed by atoms with E-state index in [9.17, 15) is 18.0 Å². The number of aliphatic hydroxyl groups is 1. The number of aromatic nitrogens is 1. The molecule has 0 atom stereocenters. The summed E-state index contributed by atoms with van der Waals surface area (Å²) in [4.78, 5) is 20.1. The van der Waals surface area contributed by atoms with Gasteiger partial charge in [0.25, 0.3) is 0 Å². The van der Waals surface area contributed by atoms with E-state index in [-0.39, 0.29) is 35.7 Å². The van der Waals surface area contributed by atoms with Crippen molar-refractivity contribution in [2.45, 2.75) is 18.8 Å². The highest BCUT2D eigenvalue weighted by atomic mass is 19.1. The molecule has 0 bridgehead atoms. The van der Waals surface area contributed by atoms with Crippen LogP contribution in [0.1, 0.15) is 24.3 Å². The number of rotatable bonds is 5. The highest BCUT2D eigenvalue weighted by Crippen LogP contribution is 2.48. The summed E-state index contributed by atoms with van der Waals surface area (Å²) in [6.07, 6.45) is 1.21. The van der Waals surface area contributed by atoms with Gasteiger partial charge >= 0.3 is 0 Å². The molecular weight excluding hydrogens is 431 g/mol. The fraction of sp³-hybridized carbons (Fsp3) is 0.400. The zero-order valence-electron chi connectivity index (χ0n) is 18.2. The Morgan fingerprint density at radius 3 is 2.36 bits per heavy atom. The Bertz CT molecular complexity index is 1160. The lowest BCUT2D eigenvalue weighted by molar-refractivity contribution is -0.140. The van der Waals surface area contributed by atoms with Gasteiger partial charge in [-0.1, -0.05) is 0 Å². The average molecular weight is 457 g/mol. The van der Waals surface area contributed by atoms with Gasteiger partial charge in [-0.2, -0.15) is 0 Å². The summed E-state index contributed by atoms with van der Waals surface area (Å²) in [6.45, 7) is 3.51. The number of hydrogen-bond donors (Lipinski definition) is 2. The van der Waals surface area contributed by atoms with Gasteiger partial charge in [0.1, 0.15) is 17.5 Å². The second-order valence-corrected chi connectivity index (χ2v) is 8.99. The third-order valence-corrected chi connectivity index (χ3v) is 6.99. The Labute approximate surface area is 189 Å². The molecule has 2 aromatic carbocycles. The van der Waals surface area contributed by atoms with Gasteiger partial charge in [-0.05, 0) is 60.2 Å². The number of H-pyrrole nitrogens is 1. The fourth-order valence-corrected chi connectivity index (χ4v) is 5.16. The standard InChI is InChI=1S/C25H26F3N3O2/c26-18-3-1-15(2-4-18)23-22(20-13-19(27)14-21(28)24(20)29-23)16-11-17(12-16)25(33)31-7-5-30(6-8-31)9-10-32/h1-4,13-14,16-17,29,32H,5-12H2. The predicted octanol–water partition coefficient (Wildman–Crippen LogP) is 3.88. The minimum absolute atomic E-state index is 0.0235. The van der Waals surface area contributed by atoms with Crippen LogP contribution in [0.2, 0.25) is 0 Å². The molecule has 1 aliphatic carbocycles. The number of aliphatic hydroxyl groups excluding tert-OH is 1. The zero-order chi connectivity index (χ0) is 23.1. The van der Waals surface area contributed by atoms with Crippen molar-refractivity contribution in [3.63, 3.8) is 0 Å². The number of carbonyl (C=O) groups is 1. The molecule has 1 aliphatic heterocycles. The lowest BCUT2D eigenvalue weighted by atomic mass is 9.69. The van der Waals surface area contributed by atoms with E-state index in [1.54, 1.807) is 12.1 Å². The van der Waals surface area contributed by atoms with E-state index in [0.29, 0.717) is 49.1 Å². The summed E-state index contributed by atoms with van der Waals surface area (Å²) >= 11 is 0. The number of piperazine rings is 1. The Balaban J connectivity index is 1.39. The Kier molecular flexibility index (Phi) is 5.88. The van der Waals surface area contributed by atoms with Crippen molar-refractivity contribution in [2.75, 3.05) is 39.3 Å². The van der Waals surface area contributed by atoms with Crippen LogP contribution in [0.3, 0.4) is 0 Å². The van der Waals surface area contributed by atoms with E-state index in [1.807, 2.05) is 4.90 Å². The van der Waals surface area contributed by atoms with Gasteiger partial charge in [0.05, 0.1) is 17.8 Å². The maximum Gasteiger partial charge on any atom is 0.225 e. The number of β-amino-alcohol motifs (C(OH)–C–C–N with tert-alkyl or cyclic N) is 1. The van der Waals surface area contributed by atoms with Gasteiger partial charge in [-0.25, -0.2) is 13.2 Å². The van der Waals surface area contributed by atoms with Crippen molar-refractivity contribution in [3.05, 3.63) is 59.4 Å². The molecule has 2 heterocycles. The Morgan fingerprint density at radius 2 is 1.70 bits per heavy atom. The number of aromatic amines is 1. The molecule has 2 N–H and O–H groups in total. The number of fused-ring (bicyclic) bond motifs is 1. The van der Waals surface area contributed by atoms with E-state index in [0.717, 1.165) is 24.7 Å². The number of amides is 1. The second-order valence-electron chi connectivity index (χ2n) is 8.99. The fourth-order valence-electron chi connectivity index (χ4n) is 5.16. The largest absolute Gasteiger partial charge is 0.395 e. The molecule has 1 aromatic heterocycles. The SMILES string of the molecule is O=C(C1CC(c2c(-c3ccc(F)cc3)[nH]c3c(F)cc(F)cc23)C1)N1CCN(CCO)CC1. The second kappa shape index (κ2) is 8.83. The van der Waals surface area contributed by atoms with Crippen LogP contribution in [0.5, 0.6) is 0 Å². The molecule has 1 saturated heterocycles. The lowest BCUT2D eigenvalue weighted by Gasteiger charge is -2.41. The van der Waals surface area contributed by atoms with Crippen LogP contribution in [0, 0.1) is 23.4 Å². The topological polar surface area (TPSA) is 59.6 Å². The third kappa shape index (κ3) is 4.13. The van der Waals surface area contributed by atoms with Gasteiger partial charge in [0.2, 0.25) is 5.91 Å². The molecule has 5 rings (SSSR count). The summed E-state index contributed by atoms with van der Waals surface area (Å²) in [5, 5.41) is 9.56. The molecule has 5 nitrogen and oxygen atoms in total. The summed E-state index contributed by atoms with van der Waals surface area (Å²) in [5.74, 6) is -1.73. The smallest absolute Gasteiger partial charge is 0.225 e. The van der Waals surface area contributed by atoms with Crippen LogP contribution in [0.25, 0.3) is 22.2 Å². The van der Waals surface area contributed by atoms with E-state index in [1.165, 1.54) is 18.2 Å². The molecular formula is C25H26F3N3O2. The van der Waals surface area contributed by atoms with Gasteiger partial charge in [-0.3, -0.25) is 9.69 Å². The molecule has 0 radical (unpaired) electrons.